The number of benzene rings is 1. The molecule has 0 unspecified atom stereocenters. The second-order valence-electron chi connectivity index (χ2n) is 3.68. The first kappa shape index (κ1) is 13.6. The molecule has 0 aliphatic rings. The van der Waals surface area contributed by atoms with Crippen LogP contribution < -0.4 is 5.56 Å². The number of nitrogens with zero attached hydrogens (tertiary/aromatic N) is 1. The maximum atomic E-state index is 11.9. The Kier molecular flexibility index (Phi) is 4.82. The number of hydrogen-bond donors (Lipinski definition) is 1. The number of halogens is 1. The van der Waals surface area contributed by atoms with E-state index in [-0.39, 0.29) is 5.56 Å². The molecule has 0 amide bonds. The van der Waals surface area contributed by atoms with Crippen molar-refractivity contribution in [1.29, 1.82) is 0 Å². The highest BCUT2D eigenvalue weighted by Gasteiger charge is 2.10. The van der Waals surface area contributed by atoms with Gasteiger partial charge in [0, 0.05) is 5.56 Å². The van der Waals surface area contributed by atoms with E-state index in [1.165, 1.54) is 0 Å². The van der Waals surface area contributed by atoms with Crippen LogP contribution in [0.4, 0.5) is 0 Å². The fourth-order valence-corrected chi connectivity index (χ4v) is 2.66. The Morgan fingerprint density at radius 2 is 2.06 bits per heavy atom. The molecule has 0 radical (unpaired) electrons. The summed E-state index contributed by atoms with van der Waals surface area (Å²) in [5.74, 6) is 2.49. The molecule has 0 fully saturated rings. The molecule has 1 heterocycles. The molecule has 0 aliphatic carbocycles. The van der Waals surface area contributed by atoms with Crippen LogP contribution in [-0.2, 0) is 5.75 Å². The van der Waals surface area contributed by atoms with Crippen molar-refractivity contribution in [2.45, 2.75) is 12.7 Å². The third-order valence-electron chi connectivity index (χ3n) is 2.40. The molecule has 2 aromatic rings. The van der Waals surface area contributed by atoms with Crippen molar-refractivity contribution in [2.75, 3.05) is 5.75 Å². The minimum atomic E-state index is -0.0591. The third kappa shape index (κ3) is 3.14. The van der Waals surface area contributed by atoms with E-state index in [4.69, 9.17) is 0 Å². The highest BCUT2D eigenvalue weighted by Crippen LogP contribution is 2.21. The zero-order valence-electron chi connectivity index (χ0n) is 9.94. The lowest BCUT2D eigenvalue weighted by molar-refractivity contribution is 0.995. The standard InChI is InChI=1S/C13H13IN2OS/c1-2-18-8-10-15-12(11(14)13(17)16-10)9-6-4-3-5-7-9/h3-7H,2,8H2,1H3,(H,15,16,17). The van der Waals surface area contributed by atoms with Crippen LogP contribution in [-0.4, -0.2) is 15.7 Å². The van der Waals surface area contributed by atoms with Crippen LogP contribution in [0, 0.1) is 3.57 Å². The summed E-state index contributed by atoms with van der Waals surface area (Å²) in [5, 5.41) is 0. The number of aromatic amines is 1. The summed E-state index contributed by atoms with van der Waals surface area (Å²) in [6.45, 7) is 2.09. The summed E-state index contributed by atoms with van der Waals surface area (Å²) >= 11 is 3.79. The van der Waals surface area contributed by atoms with Crippen LogP contribution >= 0.6 is 34.4 Å². The molecule has 18 heavy (non-hydrogen) atoms. The van der Waals surface area contributed by atoms with E-state index in [1.54, 1.807) is 11.8 Å². The van der Waals surface area contributed by atoms with Crippen LogP contribution in [0.15, 0.2) is 35.1 Å². The van der Waals surface area contributed by atoms with Gasteiger partial charge in [-0.25, -0.2) is 4.98 Å². The zero-order chi connectivity index (χ0) is 13.0. The maximum absolute atomic E-state index is 11.9. The van der Waals surface area contributed by atoms with E-state index in [2.05, 4.69) is 16.9 Å². The van der Waals surface area contributed by atoms with Crippen LogP contribution in [0.1, 0.15) is 12.7 Å². The molecule has 0 bridgehead atoms. The first-order valence-electron chi connectivity index (χ1n) is 5.64. The summed E-state index contributed by atoms with van der Waals surface area (Å²) in [7, 11) is 0. The van der Waals surface area contributed by atoms with Crippen molar-refractivity contribution in [3.8, 4) is 11.3 Å². The smallest absolute Gasteiger partial charge is 0.264 e. The van der Waals surface area contributed by atoms with E-state index in [9.17, 15) is 4.79 Å². The lowest BCUT2D eigenvalue weighted by atomic mass is 10.1. The van der Waals surface area contributed by atoms with Crippen molar-refractivity contribution in [1.82, 2.24) is 9.97 Å². The lowest BCUT2D eigenvalue weighted by Crippen LogP contribution is -2.16. The lowest BCUT2D eigenvalue weighted by Gasteiger charge is -2.06. The number of hydrogen-bond acceptors (Lipinski definition) is 3. The normalized spacial score (nSPS) is 10.6. The quantitative estimate of drug-likeness (QED) is 0.838. The minimum absolute atomic E-state index is 0.0591. The molecule has 3 nitrogen and oxygen atoms in total. The van der Waals surface area contributed by atoms with Crippen molar-refractivity contribution in [3.63, 3.8) is 0 Å². The fraction of sp³-hybridized carbons (Fsp3) is 0.231. The van der Waals surface area contributed by atoms with Gasteiger partial charge in [0.15, 0.2) is 0 Å². The molecule has 94 valence electrons. The molecule has 0 aliphatic heterocycles. The topological polar surface area (TPSA) is 45.8 Å². The van der Waals surface area contributed by atoms with Crippen LogP contribution in [0.3, 0.4) is 0 Å². The molecule has 0 spiro atoms. The second kappa shape index (κ2) is 6.38. The van der Waals surface area contributed by atoms with E-state index in [1.807, 2.05) is 52.9 Å². The third-order valence-corrected chi connectivity index (χ3v) is 4.29. The van der Waals surface area contributed by atoms with Gasteiger partial charge in [-0.1, -0.05) is 37.3 Å². The average molecular weight is 372 g/mol. The van der Waals surface area contributed by atoms with Gasteiger partial charge in [-0.15, -0.1) is 0 Å². The van der Waals surface area contributed by atoms with E-state index >= 15 is 0 Å². The van der Waals surface area contributed by atoms with Gasteiger partial charge < -0.3 is 4.98 Å². The zero-order valence-corrected chi connectivity index (χ0v) is 12.9. The Balaban J connectivity index is 2.46. The summed E-state index contributed by atoms with van der Waals surface area (Å²) in [6.07, 6.45) is 0. The summed E-state index contributed by atoms with van der Waals surface area (Å²) in [5.41, 5.74) is 1.69. The highest BCUT2D eigenvalue weighted by atomic mass is 127. The van der Waals surface area contributed by atoms with E-state index < -0.39 is 0 Å². The van der Waals surface area contributed by atoms with Gasteiger partial charge in [0.2, 0.25) is 0 Å². The number of H-pyrrole nitrogens is 1. The van der Waals surface area contributed by atoms with Crippen molar-refractivity contribution >= 4 is 34.4 Å². The van der Waals surface area contributed by atoms with Crippen molar-refractivity contribution in [2.24, 2.45) is 0 Å². The highest BCUT2D eigenvalue weighted by molar-refractivity contribution is 14.1. The number of nitrogens with one attached hydrogen (secondary N) is 1. The molecule has 0 atom stereocenters. The monoisotopic (exact) mass is 372 g/mol. The Bertz CT molecular complexity index is 583. The molecule has 1 N–H and O–H groups in total. The maximum Gasteiger partial charge on any atom is 0.264 e. The summed E-state index contributed by atoms with van der Waals surface area (Å²) < 4.78 is 0.643. The Morgan fingerprint density at radius 1 is 1.33 bits per heavy atom. The molecular formula is C13H13IN2OS. The van der Waals surface area contributed by atoms with Gasteiger partial charge in [0.25, 0.3) is 5.56 Å². The van der Waals surface area contributed by atoms with Gasteiger partial charge in [0.05, 0.1) is 11.4 Å². The van der Waals surface area contributed by atoms with Gasteiger partial charge >= 0.3 is 0 Å². The van der Waals surface area contributed by atoms with Gasteiger partial charge in [-0.2, -0.15) is 11.8 Å². The first-order valence-corrected chi connectivity index (χ1v) is 7.87. The van der Waals surface area contributed by atoms with Crippen LogP contribution in [0.2, 0.25) is 0 Å². The number of rotatable bonds is 4. The second-order valence-corrected chi connectivity index (χ2v) is 6.03. The minimum Gasteiger partial charge on any atom is -0.309 e. The molecule has 1 aromatic heterocycles. The molecule has 2 rings (SSSR count). The van der Waals surface area contributed by atoms with Gasteiger partial charge in [0.1, 0.15) is 9.39 Å². The summed E-state index contributed by atoms with van der Waals surface area (Å²) in [4.78, 5) is 19.3. The Morgan fingerprint density at radius 3 is 2.72 bits per heavy atom. The molecule has 0 saturated heterocycles. The summed E-state index contributed by atoms with van der Waals surface area (Å²) in [6, 6.07) is 9.81. The van der Waals surface area contributed by atoms with Gasteiger partial charge in [-0.3, -0.25) is 4.79 Å². The predicted octanol–water partition coefficient (Wildman–Crippen LogP) is 3.29. The fourth-order valence-electron chi connectivity index (χ4n) is 1.56. The van der Waals surface area contributed by atoms with Gasteiger partial charge in [-0.05, 0) is 28.3 Å². The first-order chi connectivity index (χ1) is 8.72. The number of aromatic nitrogens is 2. The molecule has 0 saturated carbocycles. The SMILES string of the molecule is CCSCc1nc(-c2ccccc2)c(I)c(=O)[nH]1. The van der Waals surface area contributed by atoms with E-state index in [0.29, 0.717) is 3.57 Å². The van der Waals surface area contributed by atoms with E-state index in [0.717, 1.165) is 28.6 Å². The van der Waals surface area contributed by atoms with Crippen LogP contribution in [0.5, 0.6) is 0 Å². The average Bonchev–Trinajstić information content (AvgIpc) is 2.41. The van der Waals surface area contributed by atoms with Crippen LogP contribution in [0.25, 0.3) is 11.3 Å². The molecular weight excluding hydrogens is 359 g/mol. The predicted molar refractivity (Wildman–Crippen MR) is 84.8 cm³/mol. The largest absolute Gasteiger partial charge is 0.309 e. The molecule has 5 heteroatoms. The van der Waals surface area contributed by atoms with Crippen molar-refractivity contribution < 1.29 is 0 Å². The Hall–Kier alpha value is -0.820. The molecule has 1 aromatic carbocycles. The Labute approximate surface area is 124 Å². The number of thioether (sulfide) groups is 1. The van der Waals surface area contributed by atoms with Crippen molar-refractivity contribution in [3.05, 3.63) is 50.1 Å².